The molecule has 6 heteroatoms. The lowest BCUT2D eigenvalue weighted by atomic mass is 10.3. The Bertz CT molecular complexity index is 429. The van der Waals surface area contributed by atoms with E-state index < -0.39 is 11.7 Å². The molecule has 0 aliphatic rings. The molecular formula is C11H10F3N3. The molecule has 2 aromatic heterocycles. The highest BCUT2D eigenvalue weighted by Gasteiger charge is 2.30. The maximum Gasteiger partial charge on any atom is 0.417 e. The summed E-state index contributed by atoms with van der Waals surface area (Å²) >= 11 is 0. The summed E-state index contributed by atoms with van der Waals surface area (Å²) in [6, 6.07) is 7.66. The van der Waals surface area contributed by atoms with Gasteiger partial charge in [0.05, 0.1) is 5.56 Å². The number of hydrogen-bond donors (Lipinski definition) is 1. The number of rotatable bonds is 0. The minimum absolute atomic E-state index is 0.572. The van der Waals surface area contributed by atoms with E-state index in [4.69, 9.17) is 5.73 Å². The number of alkyl halides is 3. The average Bonchev–Trinajstić information content (AvgIpc) is 2.31. The number of halogens is 3. The van der Waals surface area contributed by atoms with Crippen molar-refractivity contribution in [3.8, 4) is 0 Å². The molecule has 90 valence electrons. The van der Waals surface area contributed by atoms with Gasteiger partial charge >= 0.3 is 6.18 Å². The molecule has 0 saturated carbocycles. The van der Waals surface area contributed by atoms with Gasteiger partial charge in [-0.3, -0.25) is 4.98 Å². The van der Waals surface area contributed by atoms with Crippen LogP contribution in [0.1, 0.15) is 5.56 Å². The van der Waals surface area contributed by atoms with Crippen LogP contribution in [0.25, 0.3) is 0 Å². The lowest BCUT2D eigenvalue weighted by molar-refractivity contribution is -0.137. The number of nitrogens with two attached hydrogens (primary N) is 1. The molecule has 2 heterocycles. The average molecular weight is 241 g/mol. The zero-order chi connectivity index (χ0) is 12.7. The summed E-state index contributed by atoms with van der Waals surface area (Å²) < 4.78 is 35.2. The molecule has 0 aliphatic heterocycles. The number of pyridine rings is 2. The Morgan fingerprint density at radius 3 is 2.06 bits per heavy atom. The summed E-state index contributed by atoms with van der Waals surface area (Å²) in [5.41, 5.74) is 4.53. The van der Waals surface area contributed by atoms with E-state index in [0.29, 0.717) is 5.82 Å². The lowest BCUT2D eigenvalue weighted by Crippen LogP contribution is -2.04. The summed E-state index contributed by atoms with van der Waals surface area (Å²) in [5, 5.41) is 0. The van der Waals surface area contributed by atoms with Crippen LogP contribution in [-0.2, 0) is 6.18 Å². The van der Waals surface area contributed by atoms with Crippen molar-refractivity contribution in [3.05, 3.63) is 54.5 Å². The monoisotopic (exact) mass is 241 g/mol. The van der Waals surface area contributed by atoms with Gasteiger partial charge in [-0.2, -0.15) is 13.2 Å². The molecule has 0 spiro atoms. The van der Waals surface area contributed by atoms with Crippen LogP contribution in [0.3, 0.4) is 0 Å². The van der Waals surface area contributed by atoms with E-state index in [1.165, 1.54) is 12.3 Å². The summed E-state index contributed by atoms with van der Waals surface area (Å²) in [4.78, 5) is 7.09. The van der Waals surface area contributed by atoms with Crippen LogP contribution < -0.4 is 5.73 Å². The van der Waals surface area contributed by atoms with Crippen LogP contribution in [-0.4, -0.2) is 9.97 Å². The first kappa shape index (κ1) is 13.0. The fourth-order valence-corrected chi connectivity index (χ4v) is 0.906. The molecule has 2 aromatic rings. The summed E-state index contributed by atoms with van der Waals surface area (Å²) in [7, 11) is 0. The highest BCUT2D eigenvalue weighted by molar-refractivity contribution is 5.25. The van der Waals surface area contributed by atoms with E-state index in [-0.39, 0.29) is 0 Å². The van der Waals surface area contributed by atoms with Crippen LogP contribution in [0.15, 0.2) is 48.9 Å². The second-order valence-electron chi connectivity index (χ2n) is 2.99. The Balaban J connectivity index is 0.000000181. The Kier molecular flexibility index (Phi) is 4.45. The van der Waals surface area contributed by atoms with Gasteiger partial charge in [-0.1, -0.05) is 6.07 Å². The maximum atomic E-state index is 11.7. The third-order valence-corrected chi connectivity index (χ3v) is 1.68. The normalized spacial score (nSPS) is 10.3. The van der Waals surface area contributed by atoms with Gasteiger partial charge in [0.25, 0.3) is 0 Å². The predicted molar refractivity (Wildman–Crippen MR) is 57.9 cm³/mol. The molecule has 3 nitrogen and oxygen atoms in total. The van der Waals surface area contributed by atoms with Crippen LogP contribution in [0, 0.1) is 0 Å². The predicted octanol–water partition coefficient (Wildman–Crippen LogP) is 2.76. The second-order valence-corrected chi connectivity index (χ2v) is 2.99. The summed E-state index contributed by atoms with van der Waals surface area (Å²) in [5.74, 6) is 0.572. The van der Waals surface area contributed by atoms with Crippen molar-refractivity contribution in [2.75, 3.05) is 5.73 Å². The summed E-state index contributed by atoms with van der Waals surface area (Å²) in [6.45, 7) is 0. The Morgan fingerprint density at radius 2 is 1.76 bits per heavy atom. The Labute approximate surface area is 96.1 Å². The third-order valence-electron chi connectivity index (χ3n) is 1.68. The number of nitrogen functional groups attached to an aromatic ring is 1. The van der Waals surface area contributed by atoms with Gasteiger partial charge in [-0.05, 0) is 24.3 Å². The zero-order valence-corrected chi connectivity index (χ0v) is 8.72. The standard InChI is InChI=1S/C6H4F3N.C5H6N2/c7-6(8,9)5-2-1-3-10-4-5;6-5-3-1-2-4-7-5/h1-4H;1-4H,(H2,6,7). The number of aromatic nitrogens is 2. The Hall–Kier alpha value is -2.11. The second kappa shape index (κ2) is 5.83. The molecule has 0 aromatic carbocycles. The smallest absolute Gasteiger partial charge is 0.384 e. The molecular weight excluding hydrogens is 231 g/mol. The topological polar surface area (TPSA) is 51.8 Å². The molecule has 0 aliphatic carbocycles. The number of anilines is 1. The third kappa shape index (κ3) is 4.96. The molecule has 2 N–H and O–H groups in total. The van der Waals surface area contributed by atoms with Crippen LogP contribution in [0.5, 0.6) is 0 Å². The molecule has 0 fully saturated rings. The van der Waals surface area contributed by atoms with Crippen molar-refractivity contribution < 1.29 is 13.2 Å². The van der Waals surface area contributed by atoms with Crippen LogP contribution >= 0.6 is 0 Å². The maximum absolute atomic E-state index is 11.7. The fourth-order valence-electron chi connectivity index (χ4n) is 0.906. The van der Waals surface area contributed by atoms with E-state index in [9.17, 15) is 13.2 Å². The van der Waals surface area contributed by atoms with Crippen molar-refractivity contribution >= 4 is 5.82 Å². The van der Waals surface area contributed by atoms with E-state index >= 15 is 0 Å². The minimum atomic E-state index is -4.27. The molecule has 0 atom stereocenters. The highest BCUT2D eigenvalue weighted by atomic mass is 19.4. The zero-order valence-electron chi connectivity index (χ0n) is 8.72. The first-order valence-electron chi connectivity index (χ1n) is 4.64. The van der Waals surface area contributed by atoms with E-state index in [0.717, 1.165) is 12.3 Å². The van der Waals surface area contributed by atoms with Gasteiger partial charge in [0.1, 0.15) is 5.82 Å². The van der Waals surface area contributed by atoms with Gasteiger partial charge < -0.3 is 5.73 Å². The van der Waals surface area contributed by atoms with Gasteiger partial charge in [0.2, 0.25) is 0 Å². The number of nitrogens with zero attached hydrogens (tertiary/aromatic N) is 2. The van der Waals surface area contributed by atoms with E-state index in [1.54, 1.807) is 12.3 Å². The fraction of sp³-hybridized carbons (Fsp3) is 0.0909. The van der Waals surface area contributed by atoms with E-state index in [1.807, 2.05) is 12.1 Å². The number of hydrogen-bond acceptors (Lipinski definition) is 3. The van der Waals surface area contributed by atoms with Crippen molar-refractivity contribution in [1.29, 1.82) is 0 Å². The van der Waals surface area contributed by atoms with Gasteiger partial charge in [0, 0.05) is 18.6 Å². The molecule has 0 saturated heterocycles. The largest absolute Gasteiger partial charge is 0.417 e. The molecule has 0 radical (unpaired) electrons. The first-order valence-corrected chi connectivity index (χ1v) is 4.64. The SMILES string of the molecule is FC(F)(F)c1cccnc1.Nc1ccccn1. The van der Waals surface area contributed by atoms with Crippen molar-refractivity contribution in [3.63, 3.8) is 0 Å². The van der Waals surface area contributed by atoms with Gasteiger partial charge in [-0.25, -0.2) is 4.98 Å². The highest BCUT2D eigenvalue weighted by Crippen LogP contribution is 2.27. The van der Waals surface area contributed by atoms with Crippen molar-refractivity contribution in [2.45, 2.75) is 6.18 Å². The quantitative estimate of drug-likeness (QED) is 0.771. The molecule has 0 amide bonds. The molecule has 0 bridgehead atoms. The van der Waals surface area contributed by atoms with Crippen molar-refractivity contribution in [1.82, 2.24) is 9.97 Å². The van der Waals surface area contributed by atoms with Gasteiger partial charge in [-0.15, -0.1) is 0 Å². The summed E-state index contributed by atoms with van der Waals surface area (Å²) in [6.07, 6.45) is -0.515. The minimum Gasteiger partial charge on any atom is -0.384 e. The molecule has 0 unspecified atom stereocenters. The molecule has 17 heavy (non-hydrogen) atoms. The Morgan fingerprint density at radius 1 is 1.00 bits per heavy atom. The van der Waals surface area contributed by atoms with Gasteiger partial charge in [0.15, 0.2) is 0 Å². The van der Waals surface area contributed by atoms with Crippen molar-refractivity contribution in [2.24, 2.45) is 0 Å². The van der Waals surface area contributed by atoms with Crippen LogP contribution in [0.2, 0.25) is 0 Å². The lowest BCUT2D eigenvalue weighted by Gasteiger charge is -2.03. The molecule has 2 rings (SSSR count). The van der Waals surface area contributed by atoms with Crippen LogP contribution in [0.4, 0.5) is 19.0 Å². The van der Waals surface area contributed by atoms with E-state index in [2.05, 4.69) is 9.97 Å². The first-order chi connectivity index (χ1) is 8.00.